The SMILES string of the molecule is COc1ccc(S(=O)(=O)N(CC(=O)N(Cc2ccccc2Cl)[C@H](C)C(=O)NC(C)(C)C)c2ccc(C)cc2)cc1OC. The van der Waals surface area contributed by atoms with E-state index < -0.39 is 34.1 Å². The zero-order chi connectivity index (χ0) is 31.2. The fourth-order valence-electron chi connectivity index (χ4n) is 4.21. The fraction of sp³-hybridized carbons (Fsp3) is 0.355. The smallest absolute Gasteiger partial charge is 0.264 e. The Morgan fingerprint density at radius 1 is 0.952 bits per heavy atom. The maximum absolute atomic E-state index is 14.1. The Kier molecular flexibility index (Phi) is 10.5. The fourth-order valence-corrected chi connectivity index (χ4v) is 5.84. The van der Waals surface area contributed by atoms with Crippen molar-refractivity contribution in [1.82, 2.24) is 10.2 Å². The van der Waals surface area contributed by atoms with Crippen LogP contribution in [0.25, 0.3) is 0 Å². The van der Waals surface area contributed by atoms with E-state index in [2.05, 4.69) is 5.32 Å². The van der Waals surface area contributed by atoms with E-state index in [0.29, 0.717) is 16.3 Å². The average Bonchev–Trinajstić information content (AvgIpc) is 2.94. The molecule has 0 aliphatic carbocycles. The van der Waals surface area contributed by atoms with E-state index in [-0.39, 0.29) is 28.8 Å². The van der Waals surface area contributed by atoms with E-state index in [1.54, 1.807) is 55.5 Å². The van der Waals surface area contributed by atoms with Crippen LogP contribution in [0, 0.1) is 6.92 Å². The standard InChI is InChI=1S/C31H38ClN3O6S/c1-21-12-14-24(15-13-21)35(42(38,39)25-16-17-27(40-6)28(18-25)41-7)20-29(36)34(19-23-10-8-9-11-26(23)32)22(2)30(37)33-31(3,4)5/h8-18,22H,19-20H2,1-7H3,(H,33,37)/t22-/m1/s1. The molecule has 0 spiro atoms. The van der Waals surface area contributed by atoms with Crippen molar-refractivity contribution in [1.29, 1.82) is 0 Å². The van der Waals surface area contributed by atoms with Crippen molar-refractivity contribution in [3.05, 3.63) is 82.9 Å². The number of methoxy groups -OCH3 is 2. The number of carbonyl (C=O) groups is 2. The van der Waals surface area contributed by atoms with Crippen LogP contribution in [0.2, 0.25) is 5.02 Å². The highest BCUT2D eigenvalue weighted by Gasteiger charge is 2.34. The zero-order valence-electron chi connectivity index (χ0n) is 25.0. The Morgan fingerprint density at radius 2 is 1.57 bits per heavy atom. The summed E-state index contributed by atoms with van der Waals surface area (Å²) in [7, 11) is -1.42. The van der Waals surface area contributed by atoms with Crippen molar-refractivity contribution in [2.75, 3.05) is 25.1 Å². The number of carbonyl (C=O) groups excluding carboxylic acids is 2. The lowest BCUT2D eigenvalue weighted by Crippen LogP contribution is -2.54. The van der Waals surface area contributed by atoms with Crippen LogP contribution in [-0.2, 0) is 26.2 Å². The van der Waals surface area contributed by atoms with Crippen LogP contribution in [-0.4, -0.2) is 57.5 Å². The maximum Gasteiger partial charge on any atom is 0.264 e. The molecule has 0 saturated heterocycles. The lowest BCUT2D eigenvalue weighted by atomic mass is 10.1. The number of halogens is 1. The van der Waals surface area contributed by atoms with Crippen molar-refractivity contribution in [3.63, 3.8) is 0 Å². The van der Waals surface area contributed by atoms with Gasteiger partial charge in [0.25, 0.3) is 10.0 Å². The molecule has 11 heteroatoms. The van der Waals surface area contributed by atoms with Gasteiger partial charge in [0.1, 0.15) is 12.6 Å². The number of aryl methyl sites for hydroxylation is 1. The van der Waals surface area contributed by atoms with Gasteiger partial charge < -0.3 is 19.7 Å². The Hall–Kier alpha value is -3.76. The number of rotatable bonds is 11. The monoisotopic (exact) mass is 615 g/mol. The first-order chi connectivity index (χ1) is 19.7. The van der Waals surface area contributed by atoms with E-state index >= 15 is 0 Å². The Labute approximate surface area is 253 Å². The number of anilines is 1. The third kappa shape index (κ3) is 7.95. The van der Waals surface area contributed by atoms with Gasteiger partial charge in [-0.2, -0.15) is 0 Å². The first kappa shape index (κ1) is 32.8. The summed E-state index contributed by atoms with van der Waals surface area (Å²) in [6.45, 7) is 8.43. The highest BCUT2D eigenvalue weighted by molar-refractivity contribution is 7.92. The summed E-state index contributed by atoms with van der Waals surface area (Å²) in [6.07, 6.45) is 0. The molecule has 3 rings (SSSR count). The second-order valence-electron chi connectivity index (χ2n) is 10.9. The van der Waals surface area contributed by atoms with Crippen LogP contribution in [0.3, 0.4) is 0 Å². The predicted octanol–water partition coefficient (Wildman–Crippen LogP) is 5.19. The van der Waals surface area contributed by atoms with Gasteiger partial charge in [-0.1, -0.05) is 47.5 Å². The number of sulfonamides is 1. The molecule has 9 nitrogen and oxygen atoms in total. The quantitative estimate of drug-likeness (QED) is 0.318. The molecule has 0 unspecified atom stereocenters. The van der Waals surface area contributed by atoms with E-state index in [9.17, 15) is 18.0 Å². The van der Waals surface area contributed by atoms with E-state index in [1.807, 2.05) is 27.7 Å². The van der Waals surface area contributed by atoms with Crippen molar-refractivity contribution < 1.29 is 27.5 Å². The summed E-state index contributed by atoms with van der Waals surface area (Å²) < 4.78 is 39.8. The van der Waals surface area contributed by atoms with E-state index in [0.717, 1.165) is 9.87 Å². The molecule has 2 amide bonds. The highest BCUT2D eigenvalue weighted by atomic mass is 35.5. The number of amides is 2. The van der Waals surface area contributed by atoms with E-state index in [1.165, 1.54) is 37.3 Å². The molecule has 0 aromatic heterocycles. The lowest BCUT2D eigenvalue weighted by molar-refractivity contribution is -0.140. The van der Waals surface area contributed by atoms with Crippen molar-refractivity contribution >= 4 is 39.1 Å². The number of nitrogens with one attached hydrogen (secondary N) is 1. The second kappa shape index (κ2) is 13.5. The number of ether oxygens (including phenoxy) is 2. The van der Waals surface area contributed by atoms with Gasteiger partial charge in [0, 0.05) is 23.2 Å². The average molecular weight is 616 g/mol. The molecule has 0 bridgehead atoms. The van der Waals surface area contributed by atoms with Gasteiger partial charge in [0.05, 0.1) is 24.8 Å². The highest BCUT2D eigenvalue weighted by Crippen LogP contribution is 2.32. The molecule has 0 aliphatic heterocycles. The minimum atomic E-state index is -4.29. The summed E-state index contributed by atoms with van der Waals surface area (Å²) in [5.41, 5.74) is 1.27. The topological polar surface area (TPSA) is 105 Å². The maximum atomic E-state index is 14.1. The molecule has 1 atom stereocenters. The molecule has 226 valence electrons. The number of benzene rings is 3. The number of hydrogen-bond donors (Lipinski definition) is 1. The van der Waals surface area contributed by atoms with E-state index in [4.69, 9.17) is 21.1 Å². The first-order valence-corrected chi connectivity index (χ1v) is 15.2. The Balaban J connectivity index is 2.09. The van der Waals surface area contributed by atoms with Gasteiger partial charge >= 0.3 is 0 Å². The van der Waals surface area contributed by atoms with Crippen LogP contribution >= 0.6 is 11.6 Å². The summed E-state index contributed by atoms with van der Waals surface area (Å²) in [5, 5.41) is 3.33. The molecule has 0 saturated carbocycles. The minimum absolute atomic E-state index is 0.00458. The molecule has 0 fully saturated rings. The molecule has 42 heavy (non-hydrogen) atoms. The molecule has 0 aliphatic rings. The van der Waals surface area contributed by atoms with Gasteiger partial charge in [0.2, 0.25) is 11.8 Å². The van der Waals surface area contributed by atoms with Crippen LogP contribution in [0.1, 0.15) is 38.8 Å². The number of nitrogens with zero attached hydrogens (tertiary/aromatic N) is 2. The van der Waals surface area contributed by atoms with Gasteiger partial charge in [-0.25, -0.2) is 8.42 Å². The van der Waals surface area contributed by atoms with Crippen LogP contribution < -0.4 is 19.1 Å². The van der Waals surface area contributed by atoms with Crippen LogP contribution in [0.15, 0.2) is 71.6 Å². The Bertz CT molecular complexity index is 1520. The molecule has 3 aromatic carbocycles. The van der Waals surface area contributed by atoms with Gasteiger partial charge in [-0.15, -0.1) is 0 Å². The first-order valence-electron chi connectivity index (χ1n) is 13.3. The summed E-state index contributed by atoms with van der Waals surface area (Å²) in [6, 6.07) is 17.1. The zero-order valence-corrected chi connectivity index (χ0v) is 26.5. The molecule has 1 N–H and O–H groups in total. The second-order valence-corrected chi connectivity index (χ2v) is 13.2. The number of hydrogen-bond acceptors (Lipinski definition) is 6. The largest absolute Gasteiger partial charge is 0.493 e. The van der Waals surface area contributed by atoms with Crippen molar-refractivity contribution in [2.24, 2.45) is 0 Å². The molecule has 3 aromatic rings. The molecular weight excluding hydrogens is 578 g/mol. The third-order valence-corrected chi connectivity index (χ3v) is 8.65. The molecule has 0 radical (unpaired) electrons. The molecule has 0 heterocycles. The van der Waals surface area contributed by atoms with Crippen LogP contribution in [0.5, 0.6) is 11.5 Å². The van der Waals surface area contributed by atoms with Crippen molar-refractivity contribution in [3.8, 4) is 11.5 Å². The lowest BCUT2D eigenvalue weighted by Gasteiger charge is -2.33. The summed E-state index contributed by atoms with van der Waals surface area (Å²) in [5.74, 6) is -0.385. The minimum Gasteiger partial charge on any atom is -0.493 e. The van der Waals surface area contributed by atoms with Gasteiger partial charge in [-0.3, -0.25) is 13.9 Å². The van der Waals surface area contributed by atoms with Crippen molar-refractivity contribution in [2.45, 2.75) is 57.6 Å². The van der Waals surface area contributed by atoms with Gasteiger partial charge in [-0.05, 0) is 70.5 Å². The Morgan fingerprint density at radius 3 is 2.14 bits per heavy atom. The van der Waals surface area contributed by atoms with Crippen LogP contribution in [0.4, 0.5) is 5.69 Å². The summed E-state index contributed by atoms with van der Waals surface area (Å²) in [4.78, 5) is 28.5. The third-order valence-electron chi connectivity index (χ3n) is 6.51. The summed E-state index contributed by atoms with van der Waals surface area (Å²) >= 11 is 6.42. The normalized spacial score (nSPS) is 12.3. The van der Waals surface area contributed by atoms with Gasteiger partial charge in [0.15, 0.2) is 11.5 Å². The predicted molar refractivity (Wildman–Crippen MR) is 165 cm³/mol. The molecular formula is C31H38ClN3O6S.